The van der Waals surface area contributed by atoms with E-state index in [4.69, 9.17) is 4.74 Å². The first-order valence-corrected chi connectivity index (χ1v) is 7.60. The Morgan fingerprint density at radius 1 is 1.48 bits per heavy atom. The molecule has 1 aromatic carbocycles. The lowest BCUT2D eigenvalue weighted by molar-refractivity contribution is -0.125. The van der Waals surface area contributed by atoms with Crippen molar-refractivity contribution in [2.24, 2.45) is 5.92 Å². The topological polar surface area (TPSA) is 79.5 Å². The second-order valence-corrected chi connectivity index (χ2v) is 5.76. The zero-order chi connectivity index (χ0) is 17.0. The average molecular weight is 323 g/mol. The molecule has 7 heteroatoms. The van der Waals surface area contributed by atoms with Gasteiger partial charge in [-0.25, -0.2) is 9.18 Å². The minimum atomic E-state index is -0.564. The highest BCUT2D eigenvalue weighted by molar-refractivity contribution is 5.87. The van der Waals surface area contributed by atoms with Crippen molar-refractivity contribution >= 4 is 11.9 Å². The van der Waals surface area contributed by atoms with Gasteiger partial charge in [-0.05, 0) is 37.5 Å². The predicted molar refractivity (Wildman–Crippen MR) is 83.6 cm³/mol. The third-order valence-electron chi connectivity index (χ3n) is 4.04. The summed E-state index contributed by atoms with van der Waals surface area (Å²) >= 11 is 0. The fourth-order valence-corrected chi connectivity index (χ4v) is 2.67. The molecule has 1 heterocycles. The van der Waals surface area contributed by atoms with Crippen molar-refractivity contribution < 1.29 is 18.7 Å². The highest BCUT2D eigenvalue weighted by Crippen LogP contribution is 2.25. The summed E-state index contributed by atoms with van der Waals surface area (Å²) in [6, 6.07) is 2.62. The van der Waals surface area contributed by atoms with Crippen LogP contribution in [0.3, 0.4) is 0 Å². The number of halogens is 1. The molecule has 3 atom stereocenters. The van der Waals surface area contributed by atoms with Crippen molar-refractivity contribution in [2.45, 2.75) is 32.4 Å². The summed E-state index contributed by atoms with van der Waals surface area (Å²) in [6.45, 7) is 4.26. The second kappa shape index (κ2) is 7.30. The van der Waals surface area contributed by atoms with Gasteiger partial charge in [-0.15, -0.1) is 0 Å². The molecule has 23 heavy (non-hydrogen) atoms. The Morgan fingerprint density at radius 2 is 2.22 bits per heavy atom. The largest absolute Gasteiger partial charge is 0.496 e. The van der Waals surface area contributed by atoms with Gasteiger partial charge in [0.25, 0.3) is 0 Å². The van der Waals surface area contributed by atoms with Crippen LogP contribution in [0, 0.1) is 11.7 Å². The van der Waals surface area contributed by atoms with Crippen LogP contribution in [0.5, 0.6) is 5.75 Å². The summed E-state index contributed by atoms with van der Waals surface area (Å²) in [6.07, 6.45) is 0.809. The first kappa shape index (κ1) is 17.1. The normalized spacial score (nSPS) is 22.0. The Balaban J connectivity index is 2.02. The van der Waals surface area contributed by atoms with Crippen molar-refractivity contribution in [1.82, 2.24) is 16.0 Å². The van der Waals surface area contributed by atoms with Gasteiger partial charge in [-0.1, -0.05) is 6.92 Å². The number of rotatable bonds is 4. The fraction of sp³-hybridized carbons (Fsp3) is 0.500. The number of benzene rings is 1. The number of ether oxygens (including phenoxy) is 1. The van der Waals surface area contributed by atoms with Gasteiger partial charge >= 0.3 is 6.03 Å². The van der Waals surface area contributed by atoms with E-state index in [1.165, 1.54) is 25.3 Å². The standard InChI is InChI=1S/C16H22FN3O3/c1-9-6-7-18-15(21)14(9)20-16(22)19-10(2)12-8-11(17)4-5-13(12)23-3/h4-5,8-10,14H,6-7H2,1-3H3,(H,18,21)(H2,19,20,22). The van der Waals surface area contributed by atoms with Crippen LogP contribution >= 0.6 is 0 Å². The molecule has 1 fully saturated rings. The van der Waals surface area contributed by atoms with Crippen LogP contribution in [0.4, 0.5) is 9.18 Å². The number of carbonyl (C=O) groups is 2. The lowest BCUT2D eigenvalue weighted by Crippen LogP contribution is -2.56. The summed E-state index contributed by atoms with van der Waals surface area (Å²) < 4.78 is 18.6. The highest BCUT2D eigenvalue weighted by Gasteiger charge is 2.30. The van der Waals surface area contributed by atoms with Crippen molar-refractivity contribution in [3.63, 3.8) is 0 Å². The van der Waals surface area contributed by atoms with Crippen LogP contribution in [-0.4, -0.2) is 31.6 Å². The van der Waals surface area contributed by atoms with Crippen LogP contribution in [0.2, 0.25) is 0 Å². The van der Waals surface area contributed by atoms with Gasteiger partial charge in [0.2, 0.25) is 5.91 Å². The zero-order valence-electron chi connectivity index (χ0n) is 13.5. The molecule has 0 bridgehead atoms. The highest BCUT2D eigenvalue weighted by atomic mass is 19.1. The van der Waals surface area contributed by atoms with Crippen molar-refractivity contribution in [1.29, 1.82) is 0 Å². The van der Waals surface area contributed by atoms with Gasteiger partial charge < -0.3 is 20.7 Å². The fourth-order valence-electron chi connectivity index (χ4n) is 2.67. The van der Waals surface area contributed by atoms with E-state index in [1.807, 2.05) is 6.92 Å². The summed E-state index contributed by atoms with van der Waals surface area (Å²) in [4.78, 5) is 24.0. The molecule has 0 aliphatic carbocycles. The average Bonchev–Trinajstić information content (AvgIpc) is 2.51. The number of nitrogens with one attached hydrogen (secondary N) is 3. The van der Waals surface area contributed by atoms with Crippen molar-refractivity contribution in [3.05, 3.63) is 29.6 Å². The van der Waals surface area contributed by atoms with E-state index in [9.17, 15) is 14.0 Å². The molecule has 1 aliphatic rings. The minimum absolute atomic E-state index is 0.0634. The van der Waals surface area contributed by atoms with Crippen LogP contribution < -0.4 is 20.7 Å². The van der Waals surface area contributed by atoms with Crippen molar-refractivity contribution in [2.75, 3.05) is 13.7 Å². The van der Waals surface area contributed by atoms with Gasteiger partial charge in [0, 0.05) is 12.1 Å². The Morgan fingerprint density at radius 3 is 2.87 bits per heavy atom. The Labute approximate surface area is 134 Å². The third kappa shape index (κ3) is 4.12. The Kier molecular flexibility index (Phi) is 5.41. The van der Waals surface area contributed by atoms with E-state index < -0.39 is 23.9 Å². The number of amides is 3. The zero-order valence-corrected chi connectivity index (χ0v) is 13.5. The maximum Gasteiger partial charge on any atom is 0.315 e. The summed E-state index contributed by atoms with van der Waals surface area (Å²) in [5.41, 5.74) is 0.531. The van der Waals surface area contributed by atoms with Crippen LogP contribution in [0.1, 0.15) is 31.9 Å². The van der Waals surface area contributed by atoms with Gasteiger partial charge in [0.05, 0.1) is 13.2 Å². The molecular weight excluding hydrogens is 301 g/mol. The number of methoxy groups -OCH3 is 1. The number of urea groups is 1. The molecule has 3 N–H and O–H groups in total. The number of carbonyl (C=O) groups excluding carboxylic acids is 2. The molecule has 1 aromatic rings. The molecule has 0 aromatic heterocycles. The van der Waals surface area contributed by atoms with Crippen LogP contribution in [0.25, 0.3) is 0 Å². The molecule has 2 rings (SSSR count). The lowest BCUT2D eigenvalue weighted by Gasteiger charge is -2.29. The van der Waals surface area contributed by atoms with Crippen LogP contribution in [-0.2, 0) is 4.79 Å². The molecule has 3 amide bonds. The molecule has 3 unspecified atom stereocenters. The van der Waals surface area contributed by atoms with E-state index >= 15 is 0 Å². The molecule has 1 aliphatic heterocycles. The third-order valence-corrected chi connectivity index (χ3v) is 4.04. The maximum absolute atomic E-state index is 13.4. The first-order chi connectivity index (χ1) is 10.9. The quantitative estimate of drug-likeness (QED) is 0.789. The number of hydrogen-bond donors (Lipinski definition) is 3. The molecular formula is C16H22FN3O3. The maximum atomic E-state index is 13.4. The van der Waals surface area contributed by atoms with Crippen molar-refractivity contribution in [3.8, 4) is 5.75 Å². The van der Waals surface area contributed by atoms with E-state index in [-0.39, 0.29) is 11.8 Å². The van der Waals surface area contributed by atoms with E-state index in [0.29, 0.717) is 17.9 Å². The number of piperidine rings is 1. The first-order valence-electron chi connectivity index (χ1n) is 7.60. The summed E-state index contributed by atoms with van der Waals surface area (Å²) in [5, 5.41) is 8.11. The summed E-state index contributed by atoms with van der Waals surface area (Å²) in [7, 11) is 1.48. The van der Waals surface area contributed by atoms with E-state index in [2.05, 4.69) is 16.0 Å². The van der Waals surface area contributed by atoms with Gasteiger partial charge in [0.15, 0.2) is 0 Å². The monoisotopic (exact) mass is 323 g/mol. The van der Waals surface area contributed by atoms with Gasteiger partial charge in [-0.2, -0.15) is 0 Å². The predicted octanol–water partition coefficient (Wildman–Crippen LogP) is 1.72. The van der Waals surface area contributed by atoms with Gasteiger partial charge in [-0.3, -0.25) is 4.79 Å². The molecule has 0 spiro atoms. The Bertz CT molecular complexity index is 594. The molecule has 6 nitrogen and oxygen atoms in total. The summed E-state index contributed by atoms with van der Waals surface area (Å²) in [5.74, 6) is -0.0403. The molecule has 0 radical (unpaired) electrons. The lowest BCUT2D eigenvalue weighted by atomic mass is 9.94. The SMILES string of the molecule is COc1ccc(F)cc1C(C)NC(=O)NC1C(=O)NCCC1C. The van der Waals surface area contributed by atoms with E-state index in [0.717, 1.165) is 6.42 Å². The second-order valence-electron chi connectivity index (χ2n) is 5.76. The molecule has 0 saturated carbocycles. The van der Waals surface area contributed by atoms with Gasteiger partial charge in [0.1, 0.15) is 17.6 Å². The molecule has 1 saturated heterocycles. The van der Waals surface area contributed by atoms with E-state index in [1.54, 1.807) is 6.92 Å². The van der Waals surface area contributed by atoms with Crippen LogP contribution in [0.15, 0.2) is 18.2 Å². The number of hydrogen-bond acceptors (Lipinski definition) is 3. The Hall–Kier alpha value is -2.31. The smallest absolute Gasteiger partial charge is 0.315 e. The minimum Gasteiger partial charge on any atom is -0.496 e. The molecule has 126 valence electrons.